The first-order chi connectivity index (χ1) is 10.6. The fraction of sp³-hybridized carbons (Fsp3) is 0.167. The zero-order valence-corrected chi connectivity index (χ0v) is 12.9. The van der Waals surface area contributed by atoms with Gasteiger partial charge in [-0.1, -0.05) is 6.07 Å². The predicted octanol–water partition coefficient (Wildman–Crippen LogP) is 3.52. The van der Waals surface area contributed by atoms with Gasteiger partial charge in [-0.3, -0.25) is 14.8 Å². The van der Waals surface area contributed by atoms with Gasteiger partial charge in [0, 0.05) is 30.7 Å². The van der Waals surface area contributed by atoms with Crippen LogP contribution in [0, 0.1) is 13.8 Å². The summed E-state index contributed by atoms with van der Waals surface area (Å²) in [6.07, 6.45) is 3.31. The van der Waals surface area contributed by atoms with Crippen molar-refractivity contribution in [1.29, 1.82) is 0 Å². The first kappa shape index (κ1) is 14.2. The van der Waals surface area contributed by atoms with Crippen LogP contribution in [0.2, 0.25) is 0 Å². The largest absolute Gasteiger partial charge is 0.311 e. The molecular weight excluding hydrogens is 274 g/mol. The molecule has 4 nitrogen and oxygen atoms in total. The molecule has 0 bridgehead atoms. The van der Waals surface area contributed by atoms with E-state index in [0.29, 0.717) is 5.56 Å². The number of fused-ring (bicyclic) bond motifs is 1. The highest BCUT2D eigenvalue weighted by Gasteiger charge is 2.14. The number of aromatic nitrogens is 2. The normalized spacial score (nSPS) is 10.7. The van der Waals surface area contributed by atoms with Crippen molar-refractivity contribution in [1.82, 2.24) is 9.97 Å². The molecule has 0 saturated heterocycles. The number of anilines is 1. The quantitative estimate of drug-likeness (QED) is 0.725. The fourth-order valence-corrected chi connectivity index (χ4v) is 2.35. The Balaban J connectivity index is 1.95. The van der Waals surface area contributed by atoms with Crippen molar-refractivity contribution in [3.05, 3.63) is 65.5 Å². The van der Waals surface area contributed by atoms with Gasteiger partial charge in [0.2, 0.25) is 0 Å². The lowest BCUT2D eigenvalue weighted by Crippen LogP contribution is -2.26. The van der Waals surface area contributed by atoms with E-state index in [4.69, 9.17) is 0 Å². The molecule has 0 spiro atoms. The van der Waals surface area contributed by atoms with Crippen molar-refractivity contribution in [2.24, 2.45) is 0 Å². The standard InChI is InChI=1S/C18H17N3O/c1-12-4-5-14(10-13(12)2)18(22)21(3)15-6-7-16-17(11-15)20-9-8-19-16/h4-11H,1-3H3. The van der Waals surface area contributed by atoms with E-state index in [0.717, 1.165) is 22.3 Å². The molecule has 3 rings (SSSR count). The van der Waals surface area contributed by atoms with Crippen LogP contribution >= 0.6 is 0 Å². The van der Waals surface area contributed by atoms with Crippen molar-refractivity contribution in [2.75, 3.05) is 11.9 Å². The highest BCUT2D eigenvalue weighted by atomic mass is 16.2. The van der Waals surface area contributed by atoms with E-state index in [1.807, 2.05) is 50.2 Å². The molecule has 0 saturated carbocycles. The molecule has 1 amide bonds. The molecular formula is C18H17N3O. The number of nitrogens with zero attached hydrogens (tertiary/aromatic N) is 3. The molecule has 0 aliphatic heterocycles. The minimum atomic E-state index is -0.0358. The van der Waals surface area contributed by atoms with Gasteiger partial charge >= 0.3 is 0 Å². The summed E-state index contributed by atoms with van der Waals surface area (Å²) in [6.45, 7) is 4.05. The summed E-state index contributed by atoms with van der Waals surface area (Å²) in [7, 11) is 1.77. The molecule has 1 aromatic heterocycles. The molecule has 1 heterocycles. The zero-order valence-electron chi connectivity index (χ0n) is 12.9. The maximum absolute atomic E-state index is 12.6. The minimum Gasteiger partial charge on any atom is -0.311 e. The molecule has 0 fully saturated rings. The van der Waals surface area contributed by atoms with Gasteiger partial charge < -0.3 is 4.90 Å². The Morgan fingerprint density at radius 3 is 2.36 bits per heavy atom. The van der Waals surface area contributed by atoms with Gasteiger partial charge in [0.25, 0.3) is 5.91 Å². The third kappa shape index (κ3) is 2.55. The molecule has 0 aliphatic carbocycles. The fourth-order valence-electron chi connectivity index (χ4n) is 2.35. The van der Waals surface area contributed by atoms with Crippen molar-refractivity contribution >= 4 is 22.6 Å². The predicted molar refractivity (Wildman–Crippen MR) is 88.2 cm³/mol. The van der Waals surface area contributed by atoms with Crippen LogP contribution in [0.5, 0.6) is 0 Å². The number of aryl methyl sites for hydroxylation is 2. The summed E-state index contributed by atoms with van der Waals surface area (Å²) in [4.78, 5) is 22.8. The van der Waals surface area contributed by atoms with Crippen LogP contribution in [0.25, 0.3) is 11.0 Å². The lowest BCUT2D eigenvalue weighted by molar-refractivity contribution is 0.0993. The Morgan fingerprint density at radius 1 is 0.909 bits per heavy atom. The highest BCUT2D eigenvalue weighted by Crippen LogP contribution is 2.21. The van der Waals surface area contributed by atoms with Gasteiger partial charge in [0.1, 0.15) is 0 Å². The topological polar surface area (TPSA) is 46.1 Å². The third-order valence-corrected chi connectivity index (χ3v) is 3.90. The van der Waals surface area contributed by atoms with Gasteiger partial charge in [-0.15, -0.1) is 0 Å². The summed E-state index contributed by atoms with van der Waals surface area (Å²) in [6, 6.07) is 11.4. The Bertz CT molecular complexity index is 858. The molecule has 0 unspecified atom stereocenters. The monoisotopic (exact) mass is 291 g/mol. The number of benzene rings is 2. The van der Waals surface area contributed by atoms with Crippen LogP contribution in [-0.2, 0) is 0 Å². The first-order valence-corrected chi connectivity index (χ1v) is 7.12. The SMILES string of the molecule is Cc1ccc(C(=O)N(C)c2ccc3nccnc3c2)cc1C. The maximum atomic E-state index is 12.6. The molecule has 2 aromatic carbocycles. The Hall–Kier alpha value is -2.75. The molecule has 0 N–H and O–H groups in total. The summed E-state index contributed by atoms with van der Waals surface area (Å²) >= 11 is 0. The number of carbonyl (C=O) groups excluding carboxylic acids is 1. The number of carbonyl (C=O) groups is 1. The lowest BCUT2D eigenvalue weighted by atomic mass is 10.1. The summed E-state index contributed by atoms with van der Waals surface area (Å²) in [5, 5.41) is 0. The zero-order chi connectivity index (χ0) is 15.7. The van der Waals surface area contributed by atoms with Crippen molar-refractivity contribution < 1.29 is 4.79 Å². The van der Waals surface area contributed by atoms with Crippen LogP contribution < -0.4 is 4.90 Å². The minimum absolute atomic E-state index is 0.0358. The average Bonchev–Trinajstić information content (AvgIpc) is 2.55. The summed E-state index contributed by atoms with van der Waals surface area (Å²) < 4.78 is 0. The lowest BCUT2D eigenvalue weighted by Gasteiger charge is -2.18. The molecule has 0 aliphatic rings. The smallest absolute Gasteiger partial charge is 0.258 e. The Morgan fingerprint density at radius 2 is 1.64 bits per heavy atom. The molecule has 22 heavy (non-hydrogen) atoms. The van der Waals surface area contributed by atoms with Gasteiger partial charge in [0.05, 0.1) is 11.0 Å². The van der Waals surface area contributed by atoms with E-state index >= 15 is 0 Å². The molecule has 4 heteroatoms. The van der Waals surface area contributed by atoms with Crippen LogP contribution in [-0.4, -0.2) is 22.9 Å². The van der Waals surface area contributed by atoms with Crippen molar-refractivity contribution in [2.45, 2.75) is 13.8 Å². The first-order valence-electron chi connectivity index (χ1n) is 7.12. The molecule has 0 radical (unpaired) electrons. The summed E-state index contributed by atoms with van der Waals surface area (Å²) in [5.74, 6) is -0.0358. The van der Waals surface area contributed by atoms with Crippen molar-refractivity contribution in [3.63, 3.8) is 0 Å². The van der Waals surface area contributed by atoms with E-state index in [2.05, 4.69) is 9.97 Å². The average molecular weight is 291 g/mol. The highest BCUT2D eigenvalue weighted by molar-refractivity contribution is 6.06. The second-order valence-corrected chi connectivity index (χ2v) is 5.39. The summed E-state index contributed by atoms with van der Waals surface area (Å²) in [5.41, 5.74) is 5.38. The second-order valence-electron chi connectivity index (χ2n) is 5.39. The van der Waals surface area contributed by atoms with Crippen molar-refractivity contribution in [3.8, 4) is 0 Å². The third-order valence-electron chi connectivity index (χ3n) is 3.90. The van der Waals surface area contributed by atoms with E-state index < -0.39 is 0 Å². The van der Waals surface area contributed by atoms with E-state index in [9.17, 15) is 4.79 Å². The van der Waals surface area contributed by atoms with E-state index in [1.165, 1.54) is 5.56 Å². The molecule has 0 atom stereocenters. The Labute approximate surface area is 129 Å². The van der Waals surface area contributed by atoms with E-state index in [1.54, 1.807) is 24.3 Å². The van der Waals surface area contributed by atoms with Gasteiger partial charge in [0.15, 0.2) is 0 Å². The van der Waals surface area contributed by atoms with Gasteiger partial charge in [-0.05, 0) is 55.3 Å². The Kier molecular flexibility index (Phi) is 3.59. The number of hydrogen-bond donors (Lipinski definition) is 0. The van der Waals surface area contributed by atoms with Crippen LogP contribution in [0.15, 0.2) is 48.8 Å². The molecule has 110 valence electrons. The van der Waals surface area contributed by atoms with E-state index in [-0.39, 0.29) is 5.91 Å². The van der Waals surface area contributed by atoms with Crippen LogP contribution in [0.3, 0.4) is 0 Å². The second kappa shape index (κ2) is 5.56. The number of hydrogen-bond acceptors (Lipinski definition) is 3. The maximum Gasteiger partial charge on any atom is 0.258 e. The number of rotatable bonds is 2. The van der Waals surface area contributed by atoms with Gasteiger partial charge in [-0.2, -0.15) is 0 Å². The van der Waals surface area contributed by atoms with Crippen LogP contribution in [0.4, 0.5) is 5.69 Å². The molecule has 3 aromatic rings. The van der Waals surface area contributed by atoms with Crippen LogP contribution in [0.1, 0.15) is 21.5 Å². The number of amides is 1. The van der Waals surface area contributed by atoms with Gasteiger partial charge in [-0.25, -0.2) is 0 Å².